The van der Waals surface area contributed by atoms with Crippen molar-refractivity contribution >= 4 is 23.3 Å². The summed E-state index contributed by atoms with van der Waals surface area (Å²) in [5.41, 5.74) is -0.950. The molecule has 0 saturated carbocycles. The maximum absolute atomic E-state index is 12.4. The molecule has 0 atom stereocenters. The van der Waals surface area contributed by atoms with Crippen LogP contribution in [-0.4, -0.2) is 28.4 Å². The molecule has 0 heterocycles. The summed E-state index contributed by atoms with van der Waals surface area (Å²) in [5, 5.41) is 21.9. The van der Waals surface area contributed by atoms with Crippen molar-refractivity contribution in [3.05, 3.63) is 79.4 Å². The summed E-state index contributed by atoms with van der Waals surface area (Å²) < 4.78 is 10.2. The number of nitrogens with zero attached hydrogens (tertiary/aromatic N) is 2. The van der Waals surface area contributed by atoms with Crippen molar-refractivity contribution in [1.29, 1.82) is 0 Å². The largest absolute Gasteiger partial charge is 0.462 e. The van der Waals surface area contributed by atoms with E-state index in [4.69, 9.17) is 9.47 Å². The van der Waals surface area contributed by atoms with E-state index in [1.54, 1.807) is 6.07 Å². The first-order valence-corrected chi connectivity index (χ1v) is 8.55. The second kappa shape index (κ2) is 9.40. The van der Waals surface area contributed by atoms with Crippen LogP contribution in [-0.2, 0) is 16.1 Å². The van der Waals surface area contributed by atoms with Gasteiger partial charge in [0.05, 0.1) is 33.6 Å². The number of carbonyl (C=O) groups is 2. The number of ether oxygens (including phenoxy) is 2. The minimum Gasteiger partial charge on any atom is -0.462 e. The van der Waals surface area contributed by atoms with E-state index in [1.165, 1.54) is 18.2 Å². The van der Waals surface area contributed by atoms with E-state index in [1.807, 2.05) is 13.8 Å². The monoisotopic (exact) mass is 402 g/mol. The molecule has 0 aliphatic rings. The Kier molecular flexibility index (Phi) is 6.96. The summed E-state index contributed by atoms with van der Waals surface area (Å²) in [6.07, 6.45) is 0. The highest BCUT2D eigenvalue weighted by atomic mass is 16.6. The Labute approximate surface area is 165 Å². The maximum atomic E-state index is 12.4. The lowest BCUT2D eigenvalue weighted by atomic mass is 10.1. The van der Waals surface area contributed by atoms with Crippen LogP contribution in [0.1, 0.15) is 40.1 Å². The van der Waals surface area contributed by atoms with Gasteiger partial charge in [0, 0.05) is 17.7 Å². The molecule has 152 valence electrons. The number of non-ortho nitro benzene ring substituents is 2. The Hall–Kier alpha value is -3.82. The number of hydrogen-bond acceptors (Lipinski definition) is 8. The SMILES string of the molecule is CC(C)COC(=O)c1ccccc1C(=O)OCc1cc([N+](=O)[O-])cc([N+](=O)[O-])c1. The highest BCUT2D eigenvalue weighted by Gasteiger charge is 2.21. The van der Waals surface area contributed by atoms with Crippen LogP contribution in [0.4, 0.5) is 11.4 Å². The van der Waals surface area contributed by atoms with Gasteiger partial charge in [-0.2, -0.15) is 0 Å². The van der Waals surface area contributed by atoms with E-state index < -0.39 is 39.8 Å². The molecule has 0 unspecified atom stereocenters. The highest BCUT2D eigenvalue weighted by molar-refractivity contribution is 6.03. The van der Waals surface area contributed by atoms with Gasteiger partial charge in [-0.15, -0.1) is 0 Å². The van der Waals surface area contributed by atoms with Crippen LogP contribution in [0.5, 0.6) is 0 Å². The Balaban J connectivity index is 2.19. The third-order valence-corrected chi connectivity index (χ3v) is 3.67. The van der Waals surface area contributed by atoms with Crippen molar-refractivity contribution in [2.24, 2.45) is 5.92 Å². The topological polar surface area (TPSA) is 139 Å². The molecule has 0 N–H and O–H groups in total. The molecule has 10 heteroatoms. The first-order valence-electron chi connectivity index (χ1n) is 8.55. The van der Waals surface area contributed by atoms with E-state index >= 15 is 0 Å². The molecule has 0 amide bonds. The molecule has 2 aromatic rings. The fraction of sp³-hybridized carbons (Fsp3) is 0.263. The molecular formula is C19H18N2O8. The third kappa shape index (κ3) is 5.83. The highest BCUT2D eigenvalue weighted by Crippen LogP contribution is 2.23. The minimum atomic E-state index is -0.865. The number of rotatable bonds is 8. The van der Waals surface area contributed by atoms with Gasteiger partial charge in [-0.25, -0.2) is 9.59 Å². The van der Waals surface area contributed by atoms with Gasteiger partial charge >= 0.3 is 11.9 Å². The molecule has 10 nitrogen and oxygen atoms in total. The predicted molar refractivity (Wildman–Crippen MR) is 100 cm³/mol. The minimum absolute atomic E-state index is 0.0168. The molecule has 2 rings (SSSR count). The Morgan fingerprint density at radius 1 is 0.897 bits per heavy atom. The molecule has 2 aromatic carbocycles. The number of nitro benzene ring substituents is 2. The van der Waals surface area contributed by atoms with E-state index in [-0.39, 0.29) is 29.2 Å². The fourth-order valence-electron chi connectivity index (χ4n) is 2.34. The number of carbonyl (C=O) groups excluding carboxylic acids is 2. The van der Waals surface area contributed by atoms with Gasteiger partial charge in [0.25, 0.3) is 11.4 Å². The van der Waals surface area contributed by atoms with Crippen LogP contribution in [0.15, 0.2) is 42.5 Å². The van der Waals surface area contributed by atoms with Gasteiger partial charge in [-0.3, -0.25) is 20.2 Å². The maximum Gasteiger partial charge on any atom is 0.339 e. The fourth-order valence-corrected chi connectivity index (χ4v) is 2.34. The molecule has 0 bridgehead atoms. The van der Waals surface area contributed by atoms with Crippen LogP contribution >= 0.6 is 0 Å². The summed E-state index contributed by atoms with van der Waals surface area (Å²) >= 11 is 0. The molecular weight excluding hydrogens is 384 g/mol. The van der Waals surface area contributed by atoms with E-state index in [0.717, 1.165) is 18.2 Å². The van der Waals surface area contributed by atoms with Gasteiger partial charge in [0.1, 0.15) is 6.61 Å². The van der Waals surface area contributed by atoms with Crippen LogP contribution in [0.3, 0.4) is 0 Å². The van der Waals surface area contributed by atoms with Crippen molar-refractivity contribution in [2.45, 2.75) is 20.5 Å². The standard InChI is InChI=1S/C19H18N2O8/c1-12(2)10-28-18(22)16-5-3-4-6-17(16)19(23)29-11-13-7-14(20(24)25)9-15(8-13)21(26)27/h3-9,12H,10-11H2,1-2H3. The number of benzene rings is 2. The lowest BCUT2D eigenvalue weighted by Gasteiger charge is -2.11. The van der Waals surface area contributed by atoms with E-state index in [0.29, 0.717) is 0 Å². The molecule has 0 aliphatic carbocycles. The molecule has 29 heavy (non-hydrogen) atoms. The number of esters is 2. The van der Waals surface area contributed by atoms with Gasteiger partial charge < -0.3 is 9.47 Å². The van der Waals surface area contributed by atoms with Crippen LogP contribution in [0, 0.1) is 26.1 Å². The molecule has 0 aromatic heterocycles. The van der Waals surface area contributed by atoms with Gasteiger partial charge in [-0.1, -0.05) is 26.0 Å². The number of nitro groups is 2. The summed E-state index contributed by atoms with van der Waals surface area (Å²) in [5.74, 6) is -1.43. The van der Waals surface area contributed by atoms with Crippen molar-refractivity contribution in [1.82, 2.24) is 0 Å². The van der Waals surface area contributed by atoms with Gasteiger partial charge in [0.2, 0.25) is 0 Å². The zero-order valence-electron chi connectivity index (χ0n) is 15.7. The Morgan fingerprint density at radius 3 is 1.83 bits per heavy atom. The molecule has 0 radical (unpaired) electrons. The van der Waals surface area contributed by atoms with Crippen molar-refractivity contribution in [2.75, 3.05) is 6.61 Å². The zero-order valence-corrected chi connectivity index (χ0v) is 15.7. The van der Waals surface area contributed by atoms with Crippen molar-refractivity contribution in [3.63, 3.8) is 0 Å². The van der Waals surface area contributed by atoms with Crippen molar-refractivity contribution in [3.8, 4) is 0 Å². The van der Waals surface area contributed by atoms with Crippen LogP contribution in [0.25, 0.3) is 0 Å². The average molecular weight is 402 g/mol. The first-order chi connectivity index (χ1) is 13.7. The Morgan fingerprint density at radius 2 is 1.38 bits per heavy atom. The quantitative estimate of drug-likeness (QED) is 0.370. The molecule has 0 spiro atoms. The summed E-state index contributed by atoms with van der Waals surface area (Å²) in [6, 6.07) is 8.85. The average Bonchev–Trinajstić information content (AvgIpc) is 2.69. The van der Waals surface area contributed by atoms with Gasteiger partial charge in [0.15, 0.2) is 0 Å². The predicted octanol–water partition coefficient (Wildman–Crippen LogP) is 3.67. The first kappa shape index (κ1) is 21.5. The van der Waals surface area contributed by atoms with Crippen molar-refractivity contribution < 1.29 is 28.9 Å². The molecule has 0 fully saturated rings. The second-order valence-electron chi connectivity index (χ2n) is 6.49. The van der Waals surface area contributed by atoms with Gasteiger partial charge in [-0.05, 0) is 18.1 Å². The molecule has 0 aliphatic heterocycles. The van der Waals surface area contributed by atoms with E-state index in [9.17, 15) is 29.8 Å². The lowest BCUT2D eigenvalue weighted by molar-refractivity contribution is -0.394. The Bertz CT molecular complexity index is 923. The summed E-state index contributed by atoms with van der Waals surface area (Å²) in [6.45, 7) is 3.47. The second-order valence-corrected chi connectivity index (χ2v) is 6.49. The summed E-state index contributed by atoms with van der Waals surface area (Å²) in [7, 11) is 0. The smallest absolute Gasteiger partial charge is 0.339 e. The zero-order chi connectivity index (χ0) is 21.6. The third-order valence-electron chi connectivity index (χ3n) is 3.67. The normalized spacial score (nSPS) is 10.4. The molecule has 0 saturated heterocycles. The van der Waals surface area contributed by atoms with E-state index in [2.05, 4.69) is 0 Å². The lowest BCUT2D eigenvalue weighted by Crippen LogP contribution is -2.16. The van der Waals surface area contributed by atoms with Crippen LogP contribution < -0.4 is 0 Å². The summed E-state index contributed by atoms with van der Waals surface area (Å²) in [4.78, 5) is 45.0. The van der Waals surface area contributed by atoms with Crippen LogP contribution in [0.2, 0.25) is 0 Å². The number of hydrogen-bond donors (Lipinski definition) is 0.